The molecule has 0 bridgehead atoms. The molecule has 2 heterocycles. The quantitative estimate of drug-likeness (QED) is 0.129. The van der Waals surface area contributed by atoms with Crippen LogP contribution in [0, 0.1) is 22.9 Å². The van der Waals surface area contributed by atoms with Crippen LogP contribution in [0.2, 0.25) is 0 Å². The van der Waals surface area contributed by atoms with E-state index in [1.165, 1.54) is 43.3 Å². The maximum Gasteiger partial charge on any atom is 0.350 e. The molecule has 3 aromatic rings. The van der Waals surface area contributed by atoms with E-state index in [9.17, 15) is 34.0 Å². The maximum absolute atomic E-state index is 13.4. The first-order chi connectivity index (χ1) is 17.1. The minimum atomic E-state index is -1.31. The molecule has 1 aliphatic heterocycles. The van der Waals surface area contributed by atoms with Crippen molar-refractivity contribution in [3.63, 3.8) is 0 Å². The number of amides is 1. The van der Waals surface area contributed by atoms with Gasteiger partial charge in [-0.1, -0.05) is 23.5 Å². The molecule has 36 heavy (non-hydrogen) atoms. The third-order valence-electron chi connectivity index (χ3n) is 5.41. The third-order valence-corrected chi connectivity index (χ3v) is 6.55. The van der Waals surface area contributed by atoms with E-state index in [0.717, 1.165) is 28.4 Å². The number of thiazole rings is 1. The van der Waals surface area contributed by atoms with Crippen molar-refractivity contribution in [3.8, 4) is 0 Å². The van der Waals surface area contributed by atoms with Crippen LogP contribution < -0.4 is 4.90 Å². The predicted molar refractivity (Wildman–Crippen MR) is 127 cm³/mol. The van der Waals surface area contributed by atoms with Gasteiger partial charge in [0.05, 0.1) is 28.8 Å². The number of anilines is 1. The van der Waals surface area contributed by atoms with Crippen LogP contribution in [0.3, 0.4) is 0 Å². The van der Waals surface area contributed by atoms with Gasteiger partial charge in [0.15, 0.2) is 5.13 Å². The van der Waals surface area contributed by atoms with Crippen LogP contribution >= 0.6 is 11.3 Å². The maximum atomic E-state index is 13.4. The van der Waals surface area contributed by atoms with Crippen LogP contribution in [0.4, 0.5) is 15.2 Å². The van der Waals surface area contributed by atoms with Crippen molar-refractivity contribution in [3.05, 3.63) is 91.7 Å². The number of hydrogen-bond acceptors (Lipinski definition) is 9. The first kappa shape index (κ1) is 24.7. The number of aromatic nitrogens is 1. The number of nitro benzene ring substituents is 1. The molecule has 184 valence electrons. The standard InChI is InChI=1S/C24H18FN3O7S/c1-3-35-23(32)21-12(2)26-24(36-21)27-18(14-5-4-6-16(11-14)28(33)34)17(20(30)22(27)31)19(29)13-7-9-15(25)10-8-13/h4-11,18,29H,3H2,1-2H3/b19-17+/t18-/m1/s1. The summed E-state index contributed by atoms with van der Waals surface area (Å²) >= 11 is 0.811. The van der Waals surface area contributed by atoms with Crippen molar-refractivity contribution in [1.82, 2.24) is 4.98 Å². The number of halogens is 1. The molecule has 2 aromatic carbocycles. The monoisotopic (exact) mass is 511 g/mol. The topological polar surface area (TPSA) is 140 Å². The summed E-state index contributed by atoms with van der Waals surface area (Å²) in [4.78, 5) is 54.8. The molecule has 0 aliphatic carbocycles. The highest BCUT2D eigenvalue weighted by Gasteiger charge is 2.48. The Labute approximate surface area is 207 Å². The number of aryl methyl sites for hydroxylation is 1. The number of carbonyl (C=O) groups is 3. The van der Waals surface area contributed by atoms with Gasteiger partial charge in [-0.2, -0.15) is 0 Å². The Morgan fingerprint density at radius 3 is 2.58 bits per heavy atom. The summed E-state index contributed by atoms with van der Waals surface area (Å²) in [6.45, 7) is 3.27. The lowest BCUT2D eigenvalue weighted by Gasteiger charge is -2.22. The minimum absolute atomic E-state index is 0.0349. The summed E-state index contributed by atoms with van der Waals surface area (Å²) in [6.07, 6.45) is 0. The molecule has 1 N–H and O–H groups in total. The van der Waals surface area contributed by atoms with Crippen molar-refractivity contribution in [2.45, 2.75) is 19.9 Å². The van der Waals surface area contributed by atoms with Gasteiger partial charge in [-0.05, 0) is 43.7 Å². The van der Waals surface area contributed by atoms with E-state index in [-0.39, 0.29) is 44.7 Å². The Morgan fingerprint density at radius 1 is 1.25 bits per heavy atom. The molecule has 0 radical (unpaired) electrons. The molecule has 0 saturated carbocycles. The zero-order valence-electron chi connectivity index (χ0n) is 18.9. The fraction of sp³-hybridized carbons (Fsp3) is 0.167. The number of ketones is 1. The smallest absolute Gasteiger partial charge is 0.350 e. The summed E-state index contributed by atoms with van der Waals surface area (Å²) in [7, 11) is 0. The summed E-state index contributed by atoms with van der Waals surface area (Å²) in [6, 6.07) is 8.55. The van der Waals surface area contributed by atoms with E-state index in [2.05, 4.69) is 4.98 Å². The molecule has 0 spiro atoms. The number of aliphatic hydroxyl groups is 1. The number of carbonyl (C=O) groups excluding carboxylic acids is 3. The van der Waals surface area contributed by atoms with Gasteiger partial charge in [-0.25, -0.2) is 14.2 Å². The molecule has 1 fully saturated rings. The van der Waals surface area contributed by atoms with Gasteiger partial charge in [0, 0.05) is 17.7 Å². The van der Waals surface area contributed by atoms with Gasteiger partial charge in [-0.15, -0.1) is 0 Å². The largest absolute Gasteiger partial charge is 0.507 e. The van der Waals surface area contributed by atoms with Crippen molar-refractivity contribution in [2.24, 2.45) is 0 Å². The highest BCUT2D eigenvalue weighted by atomic mass is 32.1. The van der Waals surface area contributed by atoms with Crippen LogP contribution in [0.1, 0.15) is 39.5 Å². The number of non-ortho nitro benzene ring substituents is 1. The summed E-state index contributed by atoms with van der Waals surface area (Å²) in [5.74, 6) is -3.95. The second-order valence-corrected chi connectivity index (χ2v) is 8.64. The van der Waals surface area contributed by atoms with Crippen molar-refractivity contribution < 1.29 is 33.5 Å². The van der Waals surface area contributed by atoms with Crippen LogP contribution in [-0.2, 0) is 14.3 Å². The first-order valence-electron chi connectivity index (χ1n) is 10.6. The Hall–Kier alpha value is -4.45. The lowest BCUT2D eigenvalue weighted by Crippen LogP contribution is -2.29. The summed E-state index contributed by atoms with van der Waals surface area (Å²) in [5.41, 5.74) is -0.198. The van der Waals surface area contributed by atoms with Gasteiger partial charge in [-0.3, -0.25) is 24.6 Å². The van der Waals surface area contributed by atoms with E-state index in [1.807, 2.05) is 0 Å². The lowest BCUT2D eigenvalue weighted by atomic mass is 9.95. The fourth-order valence-corrected chi connectivity index (χ4v) is 4.78. The average molecular weight is 511 g/mol. The Kier molecular flexibility index (Phi) is 6.62. The van der Waals surface area contributed by atoms with Gasteiger partial charge in [0.25, 0.3) is 11.5 Å². The predicted octanol–water partition coefficient (Wildman–Crippen LogP) is 4.30. The SMILES string of the molecule is CCOC(=O)c1sc(N2C(=O)C(=O)/C(=C(/O)c3ccc(F)cc3)[C@H]2c2cccc([N+](=O)[O-])c2)nc1C. The van der Waals surface area contributed by atoms with Crippen molar-refractivity contribution in [1.29, 1.82) is 0 Å². The summed E-state index contributed by atoms with van der Waals surface area (Å²) < 4.78 is 18.5. The van der Waals surface area contributed by atoms with Crippen LogP contribution in [0.25, 0.3) is 5.76 Å². The second kappa shape index (κ2) is 9.66. The molecule has 4 rings (SSSR count). The zero-order chi connectivity index (χ0) is 26.1. The highest BCUT2D eigenvalue weighted by molar-refractivity contribution is 7.17. The molecule has 1 amide bonds. The number of benzene rings is 2. The van der Waals surface area contributed by atoms with Gasteiger partial charge < -0.3 is 9.84 Å². The van der Waals surface area contributed by atoms with Gasteiger partial charge in [0.1, 0.15) is 16.5 Å². The fourth-order valence-electron chi connectivity index (χ4n) is 3.79. The molecule has 1 aliphatic rings. The third kappa shape index (κ3) is 4.33. The minimum Gasteiger partial charge on any atom is -0.507 e. The number of Topliss-reactive ketones (excluding diaryl/α,β-unsaturated/α-hetero) is 1. The molecule has 1 aromatic heterocycles. The van der Waals surface area contributed by atoms with Crippen LogP contribution in [0.15, 0.2) is 54.1 Å². The number of rotatable bonds is 6. The lowest BCUT2D eigenvalue weighted by molar-refractivity contribution is -0.384. The highest BCUT2D eigenvalue weighted by Crippen LogP contribution is 2.44. The molecule has 1 atom stereocenters. The number of aliphatic hydroxyl groups excluding tert-OH is 1. The van der Waals surface area contributed by atoms with Crippen LogP contribution in [0.5, 0.6) is 0 Å². The number of hydrogen-bond donors (Lipinski definition) is 1. The summed E-state index contributed by atoms with van der Waals surface area (Å²) in [5, 5.41) is 22.4. The average Bonchev–Trinajstić information content (AvgIpc) is 3.36. The van der Waals surface area contributed by atoms with E-state index in [0.29, 0.717) is 0 Å². The van der Waals surface area contributed by atoms with E-state index < -0.39 is 40.2 Å². The Balaban J connectivity index is 1.94. The number of nitro groups is 1. The first-order valence-corrected chi connectivity index (χ1v) is 11.4. The van der Waals surface area contributed by atoms with Crippen molar-refractivity contribution >= 4 is 45.6 Å². The zero-order valence-corrected chi connectivity index (χ0v) is 19.7. The number of nitrogens with zero attached hydrogens (tertiary/aromatic N) is 3. The molecule has 0 unspecified atom stereocenters. The molecule has 10 nitrogen and oxygen atoms in total. The van der Waals surface area contributed by atoms with Gasteiger partial charge >= 0.3 is 11.9 Å². The van der Waals surface area contributed by atoms with Crippen LogP contribution in [-0.4, -0.2) is 39.3 Å². The van der Waals surface area contributed by atoms with E-state index in [4.69, 9.17) is 4.74 Å². The van der Waals surface area contributed by atoms with Gasteiger partial charge in [0.2, 0.25) is 0 Å². The normalized spacial score (nSPS) is 16.9. The molecular weight excluding hydrogens is 493 g/mol. The number of esters is 1. The second-order valence-electron chi connectivity index (χ2n) is 7.66. The Morgan fingerprint density at radius 2 is 1.94 bits per heavy atom. The molecule has 12 heteroatoms. The van der Waals surface area contributed by atoms with E-state index >= 15 is 0 Å². The molecule has 1 saturated heterocycles. The molecular formula is C24H18FN3O7S. The Bertz CT molecular complexity index is 1430. The number of ether oxygens (including phenoxy) is 1. The van der Waals surface area contributed by atoms with E-state index in [1.54, 1.807) is 6.92 Å². The van der Waals surface area contributed by atoms with Crippen molar-refractivity contribution in [2.75, 3.05) is 11.5 Å².